The van der Waals surface area contributed by atoms with Crippen molar-refractivity contribution in [1.82, 2.24) is 9.13 Å². The number of nitrogens with zero attached hydrogens (tertiary/aromatic N) is 2. The molecule has 0 saturated carbocycles. The van der Waals surface area contributed by atoms with Crippen LogP contribution in [-0.2, 0) is 9.59 Å². The Bertz CT molecular complexity index is 254. The highest BCUT2D eigenvalue weighted by Gasteiger charge is 2.39. The number of amides is 2. The number of carbonyl (C=O) groups excluding carboxylic acids is 2. The van der Waals surface area contributed by atoms with E-state index in [2.05, 4.69) is 26.9 Å². The fourth-order valence-corrected chi connectivity index (χ4v) is 5.60. The van der Waals surface area contributed by atoms with Crippen LogP contribution in [0.5, 0.6) is 0 Å². The third-order valence-electron chi connectivity index (χ3n) is 2.98. The third kappa shape index (κ3) is 4.15. The largest absolute Gasteiger partial charge is 0.352 e. The smallest absolute Gasteiger partial charge is 0.262 e. The Balaban J connectivity index is 5.13. The number of hydrogen-bond acceptors (Lipinski definition) is 2. The summed E-state index contributed by atoms with van der Waals surface area (Å²) in [6.07, 6.45) is 1.85. The summed E-state index contributed by atoms with van der Waals surface area (Å²) in [6.45, 7) is 12.9. The average molecular weight is 258 g/mol. The number of rotatable bonds is 6. The predicted molar refractivity (Wildman–Crippen MR) is 72.8 cm³/mol. The van der Waals surface area contributed by atoms with Crippen LogP contribution in [0, 0.1) is 0 Å². The summed E-state index contributed by atoms with van der Waals surface area (Å²) in [5, 5.41) is 0. The van der Waals surface area contributed by atoms with Gasteiger partial charge in [0.1, 0.15) is 0 Å². The van der Waals surface area contributed by atoms with Crippen molar-refractivity contribution in [2.75, 3.05) is 13.1 Å². The molecule has 0 unspecified atom stereocenters. The van der Waals surface area contributed by atoms with Crippen molar-refractivity contribution in [3.63, 3.8) is 0 Å². The summed E-state index contributed by atoms with van der Waals surface area (Å²) in [4.78, 5) is 23.5. The lowest BCUT2D eigenvalue weighted by Crippen LogP contribution is -2.64. The standard InChI is InChI=1S/C12H26N2O2Si/c1-7-9-13(11(3)15)17(5,6)14(10-8-2)12(4)16/h7-10H2,1-6H3. The zero-order valence-corrected chi connectivity index (χ0v) is 13.0. The van der Waals surface area contributed by atoms with Gasteiger partial charge in [-0.15, -0.1) is 0 Å². The molecule has 0 aromatic carbocycles. The van der Waals surface area contributed by atoms with Crippen LogP contribution >= 0.6 is 0 Å². The average Bonchev–Trinajstić information content (AvgIpc) is 2.20. The van der Waals surface area contributed by atoms with Gasteiger partial charge < -0.3 is 9.13 Å². The van der Waals surface area contributed by atoms with Crippen LogP contribution in [0.3, 0.4) is 0 Å². The summed E-state index contributed by atoms with van der Waals surface area (Å²) < 4.78 is 3.81. The van der Waals surface area contributed by atoms with Crippen molar-refractivity contribution in [3.05, 3.63) is 0 Å². The van der Waals surface area contributed by atoms with Gasteiger partial charge in [-0.3, -0.25) is 9.59 Å². The Morgan fingerprint density at radius 1 is 0.882 bits per heavy atom. The van der Waals surface area contributed by atoms with E-state index in [0.29, 0.717) is 0 Å². The second kappa shape index (κ2) is 6.79. The molecule has 2 amide bonds. The number of hydrogen-bond donors (Lipinski definition) is 0. The molecule has 100 valence electrons. The molecule has 0 aromatic heterocycles. The Morgan fingerprint density at radius 2 is 1.18 bits per heavy atom. The van der Waals surface area contributed by atoms with Gasteiger partial charge in [0.15, 0.2) is 0 Å². The van der Waals surface area contributed by atoms with Crippen LogP contribution in [0.4, 0.5) is 0 Å². The van der Waals surface area contributed by atoms with Gasteiger partial charge >= 0.3 is 0 Å². The fourth-order valence-electron chi connectivity index (χ4n) is 2.23. The van der Waals surface area contributed by atoms with Gasteiger partial charge in [-0.1, -0.05) is 13.8 Å². The lowest BCUT2D eigenvalue weighted by Gasteiger charge is -2.43. The summed E-state index contributed by atoms with van der Waals surface area (Å²) in [7, 11) is -2.16. The molecule has 0 aliphatic heterocycles. The van der Waals surface area contributed by atoms with E-state index in [1.54, 1.807) is 13.8 Å². The molecule has 0 atom stereocenters. The van der Waals surface area contributed by atoms with Gasteiger partial charge in [-0.25, -0.2) is 0 Å². The van der Waals surface area contributed by atoms with E-state index in [4.69, 9.17) is 0 Å². The maximum atomic E-state index is 11.7. The third-order valence-corrected chi connectivity index (χ3v) is 6.69. The molecule has 0 heterocycles. The van der Waals surface area contributed by atoms with Crippen molar-refractivity contribution >= 4 is 20.2 Å². The molecular formula is C12H26N2O2Si. The van der Waals surface area contributed by atoms with E-state index >= 15 is 0 Å². The van der Waals surface area contributed by atoms with Crippen molar-refractivity contribution in [2.45, 2.75) is 53.6 Å². The molecule has 0 aromatic rings. The summed E-state index contributed by atoms with van der Waals surface area (Å²) in [5.41, 5.74) is 0. The lowest BCUT2D eigenvalue weighted by molar-refractivity contribution is -0.127. The van der Waals surface area contributed by atoms with Crippen LogP contribution in [0.2, 0.25) is 13.1 Å². The van der Waals surface area contributed by atoms with Gasteiger partial charge in [-0.2, -0.15) is 0 Å². The van der Waals surface area contributed by atoms with Crippen LogP contribution in [-0.4, -0.2) is 42.4 Å². The van der Waals surface area contributed by atoms with Gasteiger partial charge in [0.2, 0.25) is 11.8 Å². The minimum atomic E-state index is -2.16. The van der Waals surface area contributed by atoms with Crippen molar-refractivity contribution in [2.24, 2.45) is 0 Å². The lowest BCUT2D eigenvalue weighted by atomic mass is 10.5. The molecular weight excluding hydrogens is 232 g/mol. The first-order valence-corrected chi connectivity index (χ1v) is 9.24. The second-order valence-corrected chi connectivity index (χ2v) is 8.90. The molecule has 4 nitrogen and oxygen atoms in total. The van der Waals surface area contributed by atoms with E-state index in [1.807, 2.05) is 9.13 Å². The molecule has 0 aliphatic carbocycles. The van der Waals surface area contributed by atoms with E-state index in [-0.39, 0.29) is 11.8 Å². The summed E-state index contributed by atoms with van der Waals surface area (Å²) in [6, 6.07) is 0. The van der Waals surface area contributed by atoms with Crippen LogP contribution in [0.25, 0.3) is 0 Å². The molecule has 5 heteroatoms. The van der Waals surface area contributed by atoms with Gasteiger partial charge in [0.25, 0.3) is 8.40 Å². The highest BCUT2D eigenvalue weighted by atomic mass is 28.3. The Hall–Kier alpha value is -0.843. The number of carbonyl (C=O) groups is 2. The van der Waals surface area contributed by atoms with E-state index in [1.165, 1.54) is 0 Å². The Labute approximate surface area is 106 Å². The summed E-state index contributed by atoms with van der Waals surface area (Å²) in [5.74, 6) is 0.150. The monoisotopic (exact) mass is 258 g/mol. The normalized spacial score (nSPS) is 11.2. The Kier molecular flexibility index (Phi) is 6.45. The highest BCUT2D eigenvalue weighted by molar-refractivity contribution is 6.76. The molecule has 0 bridgehead atoms. The van der Waals surface area contributed by atoms with Crippen LogP contribution in [0.1, 0.15) is 40.5 Å². The van der Waals surface area contributed by atoms with E-state index in [0.717, 1.165) is 25.9 Å². The second-order valence-electron chi connectivity index (χ2n) is 4.84. The summed E-state index contributed by atoms with van der Waals surface area (Å²) >= 11 is 0. The SMILES string of the molecule is CCCN(C(C)=O)[Si](C)(C)N(CCC)C(C)=O. The molecule has 0 fully saturated rings. The van der Waals surface area contributed by atoms with Crippen LogP contribution < -0.4 is 0 Å². The molecule has 0 spiro atoms. The molecule has 0 rings (SSSR count). The van der Waals surface area contributed by atoms with E-state index < -0.39 is 8.40 Å². The first-order valence-electron chi connectivity index (χ1n) is 6.35. The highest BCUT2D eigenvalue weighted by Crippen LogP contribution is 2.17. The zero-order chi connectivity index (χ0) is 13.6. The van der Waals surface area contributed by atoms with Crippen LogP contribution in [0.15, 0.2) is 0 Å². The Morgan fingerprint density at radius 3 is 1.35 bits per heavy atom. The molecule has 0 aliphatic rings. The van der Waals surface area contributed by atoms with Gasteiger partial charge in [0.05, 0.1) is 0 Å². The van der Waals surface area contributed by atoms with Crippen molar-refractivity contribution in [3.8, 4) is 0 Å². The minimum absolute atomic E-state index is 0.0749. The molecule has 0 N–H and O–H groups in total. The topological polar surface area (TPSA) is 40.6 Å². The first-order chi connectivity index (χ1) is 7.78. The van der Waals surface area contributed by atoms with Crippen molar-refractivity contribution < 1.29 is 9.59 Å². The quantitative estimate of drug-likeness (QED) is 0.685. The fraction of sp³-hybridized carbons (Fsp3) is 0.833. The maximum Gasteiger partial charge on any atom is 0.262 e. The molecule has 0 saturated heterocycles. The predicted octanol–water partition coefficient (Wildman–Crippen LogP) is 2.21. The van der Waals surface area contributed by atoms with Crippen molar-refractivity contribution in [1.29, 1.82) is 0 Å². The van der Waals surface area contributed by atoms with Gasteiger partial charge in [-0.05, 0) is 25.9 Å². The molecule has 17 heavy (non-hydrogen) atoms. The first kappa shape index (κ1) is 16.2. The van der Waals surface area contributed by atoms with Gasteiger partial charge in [0, 0.05) is 26.9 Å². The molecule has 0 radical (unpaired) electrons. The maximum absolute atomic E-state index is 11.7. The zero-order valence-electron chi connectivity index (χ0n) is 12.0. The minimum Gasteiger partial charge on any atom is -0.352 e. The van der Waals surface area contributed by atoms with E-state index in [9.17, 15) is 9.59 Å².